The second-order valence-electron chi connectivity index (χ2n) is 6.47. The van der Waals surface area contributed by atoms with Gasteiger partial charge in [-0.3, -0.25) is 0 Å². The number of halogens is 5. The summed E-state index contributed by atoms with van der Waals surface area (Å²) in [7, 11) is 0. The van der Waals surface area contributed by atoms with Gasteiger partial charge in [0.15, 0.2) is 0 Å². The van der Waals surface area contributed by atoms with Crippen molar-refractivity contribution in [2.45, 2.75) is 44.7 Å². The molecule has 0 atom stereocenters. The van der Waals surface area contributed by atoms with Crippen molar-refractivity contribution in [3.05, 3.63) is 45.2 Å². The molecule has 2 nitrogen and oxygen atoms in total. The molecule has 2 aromatic rings. The third-order valence-corrected chi connectivity index (χ3v) is 4.83. The van der Waals surface area contributed by atoms with Crippen LogP contribution >= 0.6 is 23.2 Å². The smallest absolute Gasteiger partial charge is 0.237 e. The zero-order valence-corrected chi connectivity index (χ0v) is 14.1. The van der Waals surface area contributed by atoms with E-state index in [4.69, 9.17) is 23.2 Å². The van der Waals surface area contributed by atoms with E-state index >= 15 is 0 Å². The number of aromatic nitrogens is 2. The van der Waals surface area contributed by atoms with Gasteiger partial charge in [-0.1, -0.05) is 37.0 Å². The van der Waals surface area contributed by atoms with Gasteiger partial charge >= 0.3 is 6.18 Å². The molecule has 3 rings (SSSR count). The number of benzene rings is 1. The molecule has 1 aliphatic rings. The summed E-state index contributed by atoms with van der Waals surface area (Å²) >= 11 is 12.1. The summed E-state index contributed by atoms with van der Waals surface area (Å²) in [4.78, 5) is 0. The van der Waals surface area contributed by atoms with Crippen molar-refractivity contribution in [1.82, 2.24) is 9.78 Å². The van der Waals surface area contributed by atoms with E-state index in [0.717, 1.165) is 42.7 Å². The topological polar surface area (TPSA) is 17.8 Å². The Hall–Kier alpha value is -1.20. The largest absolute Gasteiger partial charge is 0.416 e. The Labute approximate surface area is 142 Å². The molecule has 0 unspecified atom stereocenters. The fourth-order valence-electron chi connectivity index (χ4n) is 3.06. The standard InChI is InChI=1S/C16H15Cl2F3N2/c1-15(2)5-3-4-9-8-23(22-14(9)15)13-11(17)6-10(7-12(13)18)16(19,20)21/h6-8H,3-5H2,1-2H3. The van der Waals surface area contributed by atoms with Gasteiger partial charge in [-0.25, -0.2) is 4.68 Å². The molecule has 0 fully saturated rings. The van der Waals surface area contributed by atoms with E-state index in [9.17, 15) is 13.2 Å². The summed E-state index contributed by atoms with van der Waals surface area (Å²) in [5.74, 6) is 0. The molecule has 0 bridgehead atoms. The highest BCUT2D eigenvalue weighted by atomic mass is 35.5. The van der Waals surface area contributed by atoms with Crippen molar-refractivity contribution < 1.29 is 13.2 Å². The Morgan fingerprint density at radius 3 is 2.30 bits per heavy atom. The molecule has 1 heterocycles. The SMILES string of the molecule is CC1(C)CCCc2cn(-c3c(Cl)cc(C(F)(F)F)cc3Cl)nc21. The molecular formula is C16H15Cl2F3N2. The number of nitrogens with zero attached hydrogens (tertiary/aromatic N) is 2. The molecule has 124 valence electrons. The lowest BCUT2D eigenvalue weighted by Crippen LogP contribution is -2.23. The Bertz CT molecular complexity index is 740. The minimum absolute atomic E-state index is 0.0658. The van der Waals surface area contributed by atoms with Crippen molar-refractivity contribution >= 4 is 23.2 Å². The molecule has 1 aromatic carbocycles. The maximum atomic E-state index is 12.8. The van der Waals surface area contributed by atoms with Crippen LogP contribution in [-0.2, 0) is 18.0 Å². The van der Waals surface area contributed by atoms with Gasteiger partial charge in [-0.05, 0) is 37.0 Å². The Morgan fingerprint density at radius 1 is 1.17 bits per heavy atom. The normalized spacial score (nSPS) is 17.2. The van der Waals surface area contributed by atoms with Crippen LogP contribution < -0.4 is 0 Å². The number of alkyl halides is 3. The first-order valence-electron chi connectivity index (χ1n) is 7.25. The lowest BCUT2D eigenvalue weighted by molar-refractivity contribution is -0.137. The molecule has 0 N–H and O–H groups in total. The predicted octanol–water partition coefficient (Wildman–Crippen LogP) is 5.81. The number of hydrogen-bond acceptors (Lipinski definition) is 1. The van der Waals surface area contributed by atoms with Crippen LogP contribution in [0.25, 0.3) is 5.69 Å². The van der Waals surface area contributed by atoms with E-state index < -0.39 is 11.7 Å². The number of aryl methyl sites for hydroxylation is 1. The number of fused-ring (bicyclic) bond motifs is 1. The molecule has 0 amide bonds. The number of hydrogen-bond donors (Lipinski definition) is 0. The highest BCUT2D eigenvalue weighted by Crippen LogP contribution is 2.40. The van der Waals surface area contributed by atoms with E-state index in [1.807, 2.05) is 6.20 Å². The van der Waals surface area contributed by atoms with Crippen molar-refractivity contribution in [1.29, 1.82) is 0 Å². The van der Waals surface area contributed by atoms with Crippen LogP contribution in [0.4, 0.5) is 13.2 Å². The van der Waals surface area contributed by atoms with Gasteiger partial charge in [0.25, 0.3) is 0 Å². The minimum Gasteiger partial charge on any atom is -0.237 e. The number of rotatable bonds is 1. The van der Waals surface area contributed by atoms with Crippen LogP contribution in [0.3, 0.4) is 0 Å². The van der Waals surface area contributed by atoms with Gasteiger partial charge < -0.3 is 0 Å². The molecule has 23 heavy (non-hydrogen) atoms. The predicted molar refractivity (Wildman–Crippen MR) is 84.6 cm³/mol. The van der Waals surface area contributed by atoms with Crippen LogP contribution in [0, 0.1) is 0 Å². The maximum absolute atomic E-state index is 12.8. The fraction of sp³-hybridized carbons (Fsp3) is 0.438. The molecule has 0 aliphatic heterocycles. The summed E-state index contributed by atoms with van der Waals surface area (Å²) in [5, 5.41) is 4.42. The summed E-state index contributed by atoms with van der Waals surface area (Å²) in [6, 6.07) is 1.77. The van der Waals surface area contributed by atoms with Crippen LogP contribution in [-0.4, -0.2) is 9.78 Å². The van der Waals surface area contributed by atoms with Crippen LogP contribution in [0.1, 0.15) is 43.5 Å². The highest BCUT2D eigenvalue weighted by molar-refractivity contribution is 6.37. The first-order valence-corrected chi connectivity index (χ1v) is 8.01. The van der Waals surface area contributed by atoms with E-state index in [1.54, 1.807) is 0 Å². The summed E-state index contributed by atoms with van der Waals surface area (Å²) in [6.07, 6.45) is 0.300. The quantitative estimate of drug-likeness (QED) is 0.625. The van der Waals surface area contributed by atoms with Crippen molar-refractivity contribution in [2.75, 3.05) is 0 Å². The second kappa shape index (κ2) is 5.42. The highest BCUT2D eigenvalue weighted by Gasteiger charge is 2.34. The van der Waals surface area contributed by atoms with Gasteiger partial charge in [-0.15, -0.1) is 0 Å². The van der Waals surface area contributed by atoms with Gasteiger partial charge in [-0.2, -0.15) is 18.3 Å². The lowest BCUT2D eigenvalue weighted by Gasteiger charge is -2.27. The average Bonchev–Trinajstić information content (AvgIpc) is 2.81. The molecule has 0 radical (unpaired) electrons. The molecule has 1 aromatic heterocycles. The Morgan fingerprint density at radius 2 is 1.78 bits per heavy atom. The van der Waals surface area contributed by atoms with Crippen molar-refractivity contribution in [3.63, 3.8) is 0 Å². The molecule has 7 heteroatoms. The van der Waals surface area contributed by atoms with Crippen molar-refractivity contribution in [2.24, 2.45) is 0 Å². The Kier molecular flexibility index (Phi) is 3.92. The molecule has 0 spiro atoms. The third-order valence-electron chi connectivity index (χ3n) is 4.25. The fourth-order valence-corrected chi connectivity index (χ4v) is 3.72. The van der Waals surface area contributed by atoms with E-state index in [-0.39, 0.29) is 21.1 Å². The minimum atomic E-state index is -4.49. The summed E-state index contributed by atoms with van der Waals surface area (Å²) in [5.41, 5.74) is 1.40. The van der Waals surface area contributed by atoms with Gasteiger partial charge in [0.2, 0.25) is 0 Å². The van der Waals surface area contributed by atoms with E-state index in [2.05, 4.69) is 18.9 Å². The summed E-state index contributed by atoms with van der Waals surface area (Å²) in [6.45, 7) is 4.22. The molecule has 1 aliphatic carbocycles. The van der Waals surface area contributed by atoms with Crippen LogP contribution in [0.15, 0.2) is 18.3 Å². The van der Waals surface area contributed by atoms with Gasteiger partial charge in [0, 0.05) is 11.6 Å². The first-order chi connectivity index (χ1) is 10.6. The average molecular weight is 363 g/mol. The van der Waals surface area contributed by atoms with Crippen LogP contribution in [0.5, 0.6) is 0 Å². The second-order valence-corrected chi connectivity index (χ2v) is 7.29. The van der Waals surface area contributed by atoms with Gasteiger partial charge in [0.1, 0.15) is 5.69 Å². The zero-order valence-electron chi connectivity index (χ0n) is 12.6. The van der Waals surface area contributed by atoms with Crippen molar-refractivity contribution in [3.8, 4) is 5.69 Å². The molecular weight excluding hydrogens is 348 g/mol. The Balaban J connectivity index is 2.12. The van der Waals surface area contributed by atoms with E-state index in [0.29, 0.717) is 0 Å². The van der Waals surface area contributed by atoms with Gasteiger partial charge in [0.05, 0.1) is 21.3 Å². The first kappa shape index (κ1) is 16.7. The molecule has 0 saturated heterocycles. The molecule has 0 saturated carbocycles. The maximum Gasteiger partial charge on any atom is 0.416 e. The van der Waals surface area contributed by atoms with E-state index in [1.165, 1.54) is 4.68 Å². The lowest BCUT2D eigenvalue weighted by atomic mass is 9.77. The zero-order chi connectivity index (χ0) is 17.0. The third kappa shape index (κ3) is 2.96. The van der Waals surface area contributed by atoms with Crippen LogP contribution in [0.2, 0.25) is 10.0 Å². The monoisotopic (exact) mass is 362 g/mol. The summed E-state index contributed by atoms with van der Waals surface area (Å²) < 4.78 is 40.0.